The molecular formula is C10H9ClN2O2. The average Bonchev–Trinajstić information content (AvgIpc) is 2.27. The molecule has 0 atom stereocenters. The number of hydrogen-bond donors (Lipinski definition) is 0. The first-order chi connectivity index (χ1) is 7.24. The van der Waals surface area contributed by atoms with Crippen LogP contribution in [-0.4, -0.2) is 24.2 Å². The average molecular weight is 225 g/mol. The van der Waals surface area contributed by atoms with Crippen LogP contribution in [0.2, 0.25) is 5.28 Å². The van der Waals surface area contributed by atoms with Gasteiger partial charge in [-0.25, -0.2) is 9.97 Å². The molecule has 0 N–H and O–H groups in total. The van der Waals surface area contributed by atoms with Crippen LogP contribution >= 0.6 is 11.6 Å². The molecule has 0 aliphatic carbocycles. The molecular weight excluding hydrogens is 216 g/mol. The number of ether oxygens (including phenoxy) is 2. The third-order valence-corrected chi connectivity index (χ3v) is 2.23. The van der Waals surface area contributed by atoms with Crippen molar-refractivity contribution in [1.29, 1.82) is 0 Å². The first-order valence-corrected chi connectivity index (χ1v) is 4.66. The molecule has 0 fully saturated rings. The Kier molecular flexibility index (Phi) is 2.60. The molecule has 4 nitrogen and oxygen atoms in total. The van der Waals surface area contributed by atoms with Crippen LogP contribution in [0.5, 0.6) is 11.5 Å². The van der Waals surface area contributed by atoms with Crippen LogP contribution in [0.25, 0.3) is 10.9 Å². The fourth-order valence-corrected chi connectivity index (χ4v) is 1.47. The van der Waals surface area contributed by atoms with Crippen molar-refractivity contribution in [1.82, 2.24) is 9.97 Å². The van der Waals surface area contributed by atoms with E-state index in [2.05, 4.69) is 9.97 Å². The number of benzene rings is 1. The zero-order valence-electron chi connectivity index (χ0n) is 8.32. The molecule has 1 aromatic heterocycles. The van der Waals surface area contributed by atoms with Gasteiger partial charge in [0.15, 0.2) is 0 Å². The SMILES string of the molecule is COc1cc(OC)c2nc(Cl)ncc2c1. The summed E-state index contributed by atoms with van der Waals surface area (Å²) in [4.78, 5) is 8.00. The summed E-state index contributed by atoms with van der Waals surface area (Å²) in [6, 6.07) is 3.58. The van der Waals surface area contributed by atoms with Crippen LogP contribution in [0.15, 0.2) is 18.3 Å². The zero-order chi connectivity index (χ0) is 10.8. The second kappa shape index (κ2) is 3.90. The highest BCUT2D eigenvalue weighted by Gasteiger charge is 2.07. The van der Waals surface area contributed by atoms with Crippen molar-refractivity contribution in [3.05, 3.63) is 23.6 Å². The Bertz CT molecular complexity index is 502. The number of methoxy groups -OCH3 is 2. The van der Waals surface area contributed by atoms with Gasteiger partial charge < -0.3 is 9.47 Å². The first kappa shape index (κ1) is 9.98. The molecule has 15 heavy (non-hydrogen) atoms. The maximum Gasteiger partial charge on any atom is 0.223 e. The van der Waals surface area contributed by atoms with Crippen molar-refractivity contribution in [2.45, 2.75) is 0 Å². The molecule has 2 rings (SSSR count). The smallest absolute Gasteiger partial charge is 0.223 e. The van der Waals surface area contributed by atoms with Gasteiger partial charge in [0.05, 0.1) is 14.2 Å². The number of halogens is 1. The van der Waals surface area contributed by atoms with E-state index in [9.17, 15) is 0 Å². The van der Waals surface area contributed by atoms with Crippen molar-refractivity contribution < 1.29 is 9.47 Å². The Morgan fingerprint density at radius 2 is 2.00 bits per heavy atom. The van der Waals surface area contributed by atoms with Crippen LogP contribution in [0.3, 0.4) is 0 Å². The maximum atomic E-state index is 5.71. The zero-order valence-corrected chi connectivity index (χ0v) is 9.08. The molecule has 5 heteroatoms. The van der Waals surface area contributed by atoms with Crippen molar-refractivity contribution >= 4 is 22.5 Å². The Hall–Kier alpha value is -1.55. The standard InChI is InChI=1S/C10H9ClN2O2/c1-14-7-3-6-5-12-10(11)13-9(6)8(4-7)15-2/h3-5H,1-2H3. The topological polar surface area (TPSA) is 44.2 Å². The summed E-state index contributed by atoms with van der Waals surface area (Å²) in [5.74, 6) is 1.32. The molecule has 0 amide bonds. The van der Waals surface area contributed by atoms with Crippen molar-refractivity contribution in [2.75, 3.05) is 14.2 Å². The predicted octanol–water partition coefficient (Wildman–Crippen LogP) is 2.30. The molecule has 1 heterocycles. The molecule has 0 spiro atoms. The van der Waals surface area contributed by atoms with E-state index in [0.717, 1.165) is 5.39 Å². The summed E-state index contributed by atoms with van der Waals surface area (Å²) in [5, 5.41) is 1.03. The van der Waals surface area contributed by atoms with E-state index >= 15 is 0 Å². The van der Waals surface area contributed by atoms with Gasteiger partial charge >= 0.3 is 0 Å². The molecule has 78 valence electrons. The van der Waals surface area contributed by atoms with Crippen molar-refractivity contribution in [2.24, 2.45) is 0 Å². The maximum absolute atomic E-state index is 5.71. The fourth-order valence-electron chi connectivity index (χ4n) is 1.34. The largest absolute Gasteiger partial charge is 0.497 e. The summed E-state index contributed by atoms with van der Waals surface area (Å²) in [6.07, 6.45) is 1.63. The lowest BCUT2D eigenvalue weighted by Crippen LogP contribution is -1.92. The van der Waals surface area contributed by atoms with E-state index in [1.54, 1.807) is 26.5 Å². The van der Waals surface area contributed by atoms with Gasteiger partial charge in [-0.3, -0.25) is 0 Å². The van der Waals surface area contributed by atoms with Crippen LogP contribution in [0.4, 0.5) is 0 Å². The molecule has 0 saturated carbocycles. The third-order valence-electron chi connectivity index (χ3n) is 2.05. The lowest BCUT2D eigenvalue weighted by atomic mass is 10.2. The Morgan fingerprint density at radius 1 is 1.20 bits per heavy atom. The Balaban J connectivity index is 2.75. The summed E-state index contributed by atoms with van der Waals surface area (Å²) >= 11 is 5.71. The van der Waals surface area contributed by atoms with Gasteiger partial charge in [-0.2, -0.15) is 0 Å². The molecule has 0 bridgehead atoms. The van der Waals surface area contributed by atoms with E-state index in [1.807, 2.05) is 6.07 Å². The quantitative estimate of drug-likeness (QED) is 0.735. The number of hydrogen-bond acceptors (Lipinski definition) is 4. The van der Waals surface area contributed by atoms with Crippen LogP contribution < -0.4 is 9.47 Å². The summed E-state index contributed by atoms with van der Waals surface area (Å²) in [7, 11) is 3.17. The van der Waals surface area contributed by atoms with Crippen LogP contribution in [0.1, 0.15) is 0 Å². The summed E-state index contributed by atoms with van der Waals surface area (Å²) < 4.78 is 10.3. The Morgan fingerprint density at radius 3 is 2.67 bits per heavy atom. The van der Waals surface area contributed by atoms with Gasteiger partial charge in [0.25, 0.3) is 0 Å². The predicted molar refractivity (Wildman–Crippen MR) is 57.7 cm³/mol. The Labute approximate surface area is 91.8 Å². The second-order valence-corrected chi connectivity index (χ2v) is 3.24. The highest BCUT2D eigenvalue weighted by atomic mass is 35.5. The van der Waals surface area contributed by atoms with Crippen molar-refractivity contribution in [3.8, 4) is 11.5 Å². The number of aromatic nitrogens is 2. The monoisotopic (exact) mass is 224 g/mol. The van der Waals surface area contributed by atoms with Gasteiger partial charge in [-0.05, 0) is 17.7 Å². The van der Waals surface area contributed by atoms with E-state index in [1.165, 1.54) is 0 Å². The molecule has 0 saturated heterocycles. The van der Waals surface area contributed by atoms with Gasteiger partial charge in [0.2, 0.25) is 5.28 Å². The fraction of sp³-hybridized carbons (Fsp3) is 0.200. The highest BCUT2D eigenvalue weighted by molar-refractivity contribution is 6.28. The van der Waals surface area contributed by atoms with Crippen LogP contribution in [0, 0.1) is 0 Å². The molecule has 0 unspecified atom stereocenters. The van der Waals surface area contributed by atoms with Gasteiger partial charge in [0, 0.05) is 17.6 Å². The summed E-state index contributed by atoms with van der Waals surface area (Å²) in [5.41, 5.74) is 0.679. The number of rotatable bonds is 2. The summed E-state index contributed by atoms with van der Waals surface area (Å²) in [6.45, 7) is 0. The van der Waals surface area contributed by atoms with E-state index in [0.29, 0.717) is 17.0 Å². The lowest BCUT2D eigenvalue weighted by Gasteiger charge is -2.07. The van der Waals surface area contributed by atoms with Gasteiger partial charge in [0.1, 0.15) is 17.0 Å². The minimum absolute atomic E-state index is 0.200. The molecule has 0 aliphatic heterocycles. The van der Waals surface area contributed by atoms with E-state index in [4.69, 9.17) is 21.1 Å². The highest BCUT2D eigenvalue weighted by Crippen LogP contribution is 2.29. The lowest BCUT2D eigenvalue weighted by molar-refractivity contribution is 0.397. The van der Waals surface area contributed by atoms with E-state index < -0.39 is 0 Å². The van der Waals surface area contributed by atoms with E-state index in [-0.39, 0.29) is 5.28 Å². The second-order valence-electron chi connectivity index (χ2n) is 2.91. The minimum Gasteiger partial charge on any atom is -0.497 e. The van der Waals surface area contributed by atoms with Gasteiger partial charge in [-0.15, -0.1) is 0 Å². The first-order valence-electron chi connectivity index (χ1n) is 4.29. The molecule has 2 aromatic rings. The number of fused-ring (bicyclic) bond motifs is 1. The molecule has 0 aliphatic rings. The minimum atomic E-state index is 0.200. The normalized spacial score (nSPS) is 10.3. The number of nitrogens with zero attached hydrogens (tertiary/aromatic N) is 2. The van der Waals surface area contributed by atoms with Crippen molar-refractivity contribution in [3.63, 3.8) is 0 Å². The van der Waals surface area contributed by atoms with Crippen LogP contribution in [-0.2, 0) is 0 Å². The molecule has 1 aromatic carbocycles. The van der Waals surface area contributed by atoms with Gasteiger partial charge in [-0.1, -0.05) is 0 Å². The third kappa shape index (κ3) is 1.80. The molecule has 0 radical (unpaired) electrons.